The van der Waals surface area contributed by atoms with Crippen molar-refractivity contribution in [1.29, 1.82) is 0 Å². The van der Waals surface area contributed by atoms with Gasteiger partial charge in [-0.1, -0.05) is 0 Å². The van der Waals surface area contributed by atoms with Crippen LogP contribution in [0.2, 0.25) is 0 Å². The molecule has 0 radical (unpaired) electrons. The van der Waals surface area contributed by atoms with E-state index in [0.29, 0.717) is 0 Å². The standard InChI is InChI=1S/C9H21O12PS4/c10-24(11,12)7-1-4-19-22(23,20-5-2-8-25(13,14)15)21-6-3-9-26(16,17)18/h1-9H2,(H,10,11,12)(H,13,14,15)(H,16,17,18). The van der Waals surface area contributed by atoms with Gasteiger partial charge >= 0.3 is 6.72 Å². The van der Waals surface area contributed by atoms with Gasteiger partial charge in [0.2, 0.25) is 0 Å². The van der Waals surface area contributed by atoms with E-state index >= 15 is 0 Å². The van der Waals surface area contributed by atoms with Crippen LogP contribution in [0.5, 0.6) is 0 Å². The Labute approximate surface area is 157 Å². The highest BCUT2D eigenvalue weighted by atomic mass is 32.5. The number of rotatable bonds is 15. The Bertz CT molecular complexity index is 667. The van der Waals surface area contributed by atoms with Gasteiger partial charge in [-0.05, 0) is 31.1 Å². The molecule has 0 fully saturated rings. The van der Waals surface area contributed by atoms with Crippen molar-refractivity contribution < 1.29 is 52.5 Å². The first-order chi connectivity index (χ1) is 11.6. The molecule has 17 heteroatoms. The molecule has 0 atom stereocenters. The molecule has 0 aliphatic carbocycles. The normalized spacial score (nSPS) is 13.8. The van der Waals surface area contributed by atoms with Crippen molar-refractivity contribution in [1.82, 2.24) is 0 Å². The molecule has 0 aromatic heterocycles. The smallest absolute Gasteiger partial charge is 0.309 e. The van der Waals surface area contributed by atoms with Gasteiger partial charge in [-0.3, -0.25) is 13.7 Å². The minimum Gasteiger partial charge on any atom is -0.309 e. The van der Waals surface area contributed by atoms with Gasteiger partial charge in [0.25, 0.3) is 30.4 Å². The second kappa shape index (κ2) is 11.3. The molecule has 0 aromatic rings. The molecule has 3 N–H and O–H groups in total. The van der Waals surface area contributed by atoms with Gasteiger partial charge in [-0.15, -0.1) is 0 Å². The number of hydrogen-bond donors (Lipinski definition) is 3. The van der Waals surface area contributed by atoms with Crippen LogP contribution in [-0.2, 0) is 55.7 Å². The average Bonchev–Trinajstić information content (AvgIpc) is 2.42. The quantitative estimate of drug-likeness (QED) is 0.162. The van der Waals surface area contributed by atoms with E-state index in [0.717, 1.165) is 0 Å². The van der Waals surface area contributed by atoms with Crippen LogP contribution in [0.25, 0.3) is 0 Å². The molecule has 0 aliphatic rings. The molecule has 0 amide bonds. The molecule has 0 unspecified atom stereocenters. The number of hydrogen-bond acceptors (Lipinski definition) is 10. The van der Waals surface area contributed by atoms with Crippen LogP contribution in [0.3, 0.4) is 0 Å². The van der Waals surface area contributed by atoms with Crippen molar-refractivity contribution in [2.45, 2.75) is 19.3 Å². The Morgan fingerprint density at radius 1 is 0.615 bits per heavy atom. The zero-order chi connectivity index (χ0) is 20.5. The van der Waals surface area contributed by atoms with Crippen LogP contribution in [-0.4, -0.2) is 76.0 Å². The largest absolute Gasteiger partial charge is 0.327 e. The molecule has 0 saturated heterocycles. The lowest BCUT2D eigenvalue weighted by atomic mass is 10.5. The third-order valence-corrected chi connectivity index (χ3v) is 7.25. The third kappa shape index (κ3) is 17.7. The third-order valence-electron chi connectivity index (χ3n) is 2.39. The molecule has 0 rings (SSSR count). The van der Waals surface area contributed by atoms with E-state index in [2.05, 4.69) is 0 Å². The summed E-state index contributed by atoms with van der Waals surface area (Å²) in [5.41, 5.74) is 0. The highest BCUT2D eigenvalue weighted by molar-refractivity contribution is 8.07. The van der Waals surface area contributed by atoms with E-state index in [1.807, 2.05) is 0 Å². The van der Waals surface area contributed by atoms with Gasteiger partial charge in [0.1, 0.15) is 0 Å². The predicted molar refractivity (Wildman–Crippen MR) is 95.2 cm³/mol. The highest BCUT2D eigenvalue weighted by Gasteiger charge is 2.22. The Morgan fingerprint density at radius 3 is 1.04 bits per heavy atom. The SMILES string of the molecule is O=S(=O)(O)CCCOP(=S)(OCCCS(=O)(=O)O)OCCCS(=O)(=O)O. The summed E-state index contributed by atoms with van der Waals surface area (Å²) in [6.07, 6.45) is -0.375. The maximum Gasteiger partial charge on any atom is 0.327 e. The topological polar surface area (TPSA) is 191 Å². The van der Waals surface area contributed by atoms with E-state index in [1.54, 1.807) is 0 Å². The lowest BCUT2D eigenvalue weighted by molar-refractivity contribution is 0.157. The van der Waals surface area contributed by atoms with Crippen molar-refractivity contribution in [3.8, 4) is 0 Å². The maximum atomic E-state index is 10.6. The van der Waals surface area contributed by atoms with Crippen LogP contribution in [0, 0.1) is 0 Å². The summed E-state index contributed by atoms with van der Waals surface area (Å²) >= 11 is 5.03. The summed E-state index contributed by atoms with van der Waals surface area (Å²) in [7, 11) is -12.6. The summed E-state index contributed by atoms with van der Waals surface area (Å²) in [5, 5.41) is 0. The molecule has 12 nitrogen and oxygen atoms in total. The monoisotopic (exact) mass is 480 g/mol. The first-order valence-corrected chi connectivity index (χ1v) is 14.4. The van der Waals surface area contributed by atoms with Crippen molar-refractivity contribution in [3.63, 3.8) is 0 Å². The lowest BCUT2D eigenvalue weighted by Gasteiger charge is -2.21. The molecule has 0 aliphatic heterocycles. The van der Waals surface area contributed by atoms with Gasteiger partial charge in [-0.2, -0.15) is 25.3 Å². The first kappa shape index (κ1) is 26.3. The van der Waals surface area contributed by atoms with Crippen LogP contribution in [0.15, 0.2) is 0 Å². The average molecular weight is 480 g/mol. The fourth-order valence-corrected chi connectivity index (χ4v) is 4.77. The molecule has 0 saturated carbocycles. The second-order valence-corrected chi connectivity index (χ2v) is 12.6. The highest BCUT2D eigenvalue weighted by Crippen LogP contribution is 2.50. The molecule has 26 heavy (non-hydrogen) atoms. The van der Waals surface area contributed by atoms with E-state index in [1.165, 1.54) is 0 Å². The fourth-order valence-electron chi connectivity index (χ4n) is 1.36. The first-order valence-electron chi connectivity index (χ1n) is 7.01. The predicted octanol–water partition coefficient (Wildman–Crippen LogP) is 0.0944. The van der Waals surface area contributed by atoms with Crippen LogP contribution in [0.1, 0.15) is 19.3 Å². The Balaban J connectivity index is 4.55. The van der Waals surface area contributed by atoms with E-state index in [9.17, 15) is 25.3 Å². The Hall–Kier alpha value is 0.260. The minimum absolute atomic E-state index is 0.125. The molecular formula is C9H21O12PS4. The van der Waals surface area contributed by atoms with E-state index < -0.39 is 54.3 Å². The van der Waals surface area contributed by atoms with Gasteiger partial charge in [0.15, 0.2) is 0 Å². The zero-order valence-corrected chi connectivity index (χ0v) is 17.6. The second-order valence-electron chi connectivity index (χ2n) is 4.87. The van der Waals surface area contributed by atoms with Crippen molar-refractivity contribution in [2.75, 3.05) is 37.1 Å². The summed E-state index contributed by atoms with van der Waals surface area (Å²) in [4.78, 5) is 0. The minimum atomic E-state index is -4.19. The maximum absolute atomic E-state index is 10.6. The Kier molecular flexibility index (Phi) is 11.4. The van der Waals surface area contributed by atoms with Gasteiger partial charge in [0, 0.05) is 0 Å². The summed E-state index contributed by atoms with van der Waals surface area (Å²) in [6, 6.07) is 0. The van der Waals surface area contributed by atoms with Crippen molar-refractivity contribution in [2.24, 2.45) is 0 Å². The molecule has 158 valence electrons. The van der Waals surface area contributed by atoms with E-state index in [-0.39, 0.29) is 39.1 Å². The lowest BCUT2D eigenvalue weighted by Crippen LogP contribution is -2.11. The summed E-state index contributed by atoms with van der Waals surface area (Å²) < 4.78 is 105. The summed E-state index contributed by atoms with van der Waals surface area (Å²) in [6.45, 7) is -4.23. The molecule has 0 heterocycles. The Morgan fingerprint density at radius 2 is 0.846 bits per heavy atom. The van der Waals surface area contributed by atoms with Crippen LogP contribution >= 0.6 is 6.72 Å². The van der Waals surface area contributed by atoms with Crippen LogP contribution < -0.4 is 0 Å². The van der Waals surface area contributed by atoms with Crippen molar-refractivity contribution >= 4 is 48.9 Å². The summed E-state index contributed by atoms with van der Waals surface area (Å²) in [5.74, 6) is -1.77. The molecule has 0 aromatic carbocycles. The van der Waals surface area contributed by atoms with Gasteiger partial charge < -0.3 is 13.6 Å². The fraction of sp³-hybridized carbons (Fsp3) is 1.00. The van der Waals surface area contributed by atoms with Crippen LogP contribution in [0.4, 0.5) is 0 Å². The van der Waals surface area contributed by atoms with Gasteiger partial charge in [-0.25, -0.2) is 0 Å². The van der Waals surface area contributed by atoms with Crippen molar-refractivity contribution in [3.05, 3.63) is 0 Å². The molecule has 0 bridgehead atoms. The molecule has 0 spiro atoms. The molecular weight excluding hydrogens is 459 g/mol. The van der Waals surface area contributed by atoms with Gasteiger partial charge in [0.05, 0.1) is 37.1 Å². The zero-order valence-electron chi connectivity index (χ0n) is 13.5. The van der Waals surface area contributed by atoms with E-state index in [4.69, 9.17) is 39.0 Å².